The summed E-state index contributed by atoms with van der Waals surface area (Å²) in [5, 5.41) is 0. The van der Waals surface area contributed by atoms with Gasteiger partial charge in [0.15, 0.2) is 0 Å². The lowest BCUT2D eigenvalue weighted by Crippen LogP contribution is -2.38. The Morgan fingerprint density at radius 1 is 0.778 bits per heavy atom. The predicted molar refractivity (Wildman–Crippen MR) is 73.6 cm³/mol. The highest BCUT2D eigenvalue weighted by atomic mass is 16.7. The van der Waals surface area contributed by atoms with Crippen LogP contribution in [0.5, 0.6) is 0 Å². The van der Waals surface area contributed by atoms with Gasteiger partial charge in [0.05, 0.1) is 6.61 Å². The Morgan fingerprint density at radius 2 is 1.33 bits per heavy atom. The maximum atomic E-state index is 4.71. The minimum Gasteiger partial charge on any atom is -0.287 e. The van der Waals surface area contributed by atoms with Crippen molar-refractivity contribution in [2.75, 3.05) is 13.2 Å². The summed E-state index contributed by atoms with van der Waals surface area (Å²) in [6.45, 7) is 1.84. The van der Waals surface area contributed by atoms with Crippen molar-refractivity contribution in [2.45, 2.75) is 6.42 Å². The number of benzene rings is 2. The maximum absolute atomic E-state index is 4.71. The molecule has 0 aromatic heterocycles. The zero-order chi connectivity index (χ0) is 12.5. The van der Waals surface area contributed by atoms with Crippen LogP contribution in [0.3, 0.4) is 0 Å². The zero-order valence-corrected chi connectivity index (χ0v) is 10.3. The topological polar surface area (TPSA) is 33.3 Å². The minimum atomic E-state index is 0.826. The third-order valence-electron chi connectivity index (χ3n) is 2.57. The van der Waals surface area contributed by atoms with Crippen LogP contribution < -0.4 is 11.0 Å². The first-order chi connectivity index (χ1) is 8.97. The Hall–Kier alpha value is -1.68. The molecule has 1 heterocycles. The quantitative estimate of drug-likeness (QED) is 0.806. The zero-order valence-electron chi connectivity index (χ0n) is 10.3. The summed E-state index contributed by atoms with van der Waals surface area (Å²) in [6, 6.07) is 20.8. The molecule has 3 rings (SSSR count). The van der Waals surface area contributed by atoms with Crippen molar-refractivity contribution >= 4 is 0 Å². The Morgan fingerprint density at radius 3 is 1.61 bits per heavy atom. The number of hydrogen-bond donors (Lipinski definition) is 2. The van der Waals surface area contributed by atoms with Gasteiger partial charge in [-0.1, -0.05) is 60.7 Å². The molecule has 0 radical (unpaired) electrons. The number of hydrogen-bond acceptors (Lipinski definition) is 3. The highest BCUT2D eigenvalue weighted by molar-refractivity contribution is 5.62. The minimum absolute atomic E-state index is 0.826. The Balaban J connectivity index is 0.000000169. The lowest BCUT2D eigenvalue weighted by molar-refractivity contribution is -0.0180. The Kier molecular flexibility index (Phi) is 5.40. The maximum Gasteiger partial charge on any atom is 0.0711 e. The summed E-state index contributed by atoms with van der Waals surface area (Å²) in [5.74, 6) is 0. The third-order valence-corrected chi connectivity index (χ3v) is 2.57. The fourth-order valence-corrected chi connectivity index (χ4v) is 1.65. The molecule has 0 spiro atoms. The first-order valence-corrected chi connectivity index (χ1v) is 6.17. The van der Waals surface area contributed by atoms with Crippen molar-refractivity contribution in [3.05, 3.63) is 60.7 Å². The van der Waals surface area contributed by atoms with Crippen LogP contribution in [0.25, 0.3) is 11.1 Å². The Labute approximate surface area is 108 Å². The average molecular weight is 242 g/mol. The van der Waals surface area contributed by atoms with E-state index in [0.29, 0.717) is 0 Å². The van der Waals surface area contributed by atoms with E-state index in [1.165, 1.54) is 11.1 Å². The molecule has 2 N–H and O–H groups in total. The van der Waals surface area contributed by atoms with Gasteiger partial charge in [0.1, 0.15) is 0 Å². The van der Waals surface area contributed by atoms with E-state index in [4.69, 9.17) is 4.84 Å². The first kappa shape index (κ1) is 12.8. The molecule has 18 heavy (non-hydrogen) atoms. The molecule has 1 fully saturated rings. The summed E-state index contributed by atoms with van der Waals surface area (Å²) in [4.78, 5) is 4.71. The summed E-state index contributed by atoms with van der Waals surface area (Å²) in [7, 11) is 0. The van der Waals surface area contributed by atoms with Gasteiger partial charge in [-0.05, 0) is 17.5 Å². The second kappa shape index (κ2) is 7.61. The van der Waals surface area contributed by atoms with E-state index >= 15 is 0 Å². The van der Waals surface area contributed by atoms with Gasteiger partial charge in [-0.2, -0.15) is 0 Å². The number of rotatable bonds is 1. The van der Waals surface area contributed by atoms with Crippen molar-refractivity contribution in [1.82, 2.24) is 11.0 Å². The van der Waals surface area contributed by atoms with Gasteiger partial charge in [-0.25, -0.2) is 5.43 Å². The van der Waals surface area contributed by atoms with Crippen molar-refractivity contribution in [3.8, 4) is 11.1 Å². The van der Waals surface area contributed by atoms with E-state index in [-0.39, 0.29) is 0 Å². The molecule has 0 saturated carbocycles. The molecule has 2 aromatic rings. The molecule has 0 bridgehead atoms. The van der Waals surface area contributed by atoms with E-state index < -0.39 is 0 Å². The lowest BCUT2D eigenvalue weighted by atomic mass is 10.1. The van der Waals surface area contributed by atoms with E-state index in [2.05, 4.69) is 59.5 Å². The summed E-state index contributed by atoms with van der Waals surface area (Å²) >= 11 is 0. The van der Waals surface area contributed by atoms with Gasteiger partial charge < -0.3 is 0 Å². The fraction of sp³-hybridized carbons (Fsp3) is 0.200. The molecule has 3 nitrogen and oxygen atoms in total. The smallest absolute Gasteiger partial charge is 0.0711 e. The lowest BCUT2D eigenvalue weighted by Gasteiger charge is -2.11. The van der Waals surface area contributed by atoms with Crippen LogP contribution in [-0.2, 0) is 4.84 Å². The van der Waals surface area contributed by atoms with Crippen LogP contribution >= 0.6 is 0 Å². The molecule has 0 atom stereocenters. The molecule has 1 aliphatic rings. The summed E-state index contributed by atoms with van der Waals surface area (Å²) < 4.78 is 0. The molecule has 94 valence electrons. The first-order valence-electron chi connectivity index (χ1n) is 6.17. The second-order valence-electron chi connectivity index (χ2n) is 3.96. The monoisotopic (exact) mass is 242 g/mol. The number of nitrogens with one attached hydrogen (secondary N) is 2. The van der Waals surface area contributed by atoms with Crippen LogP contribution in [0.2, 0.25) is 0 Å². The van der Waals surface area contributed by atoms with Crippen LogP contribution in [0.15, 0.2) is 60.7 Å². The van der Waals surface area contributed by atoms with E-state index in [0.717, 1.165) is 19.6 Å². The summed E-state index contributed by atoms with van der Waals surface area (Å²) in [5.41, 5.74) is 7.90. The molecular weight excluding hydrogens is 224 g/mol. The van der Waals surface area contributed by atoms with Gasteiger partial charge >= 0.3 is 0 Å². The third kappa shape index (κ3) is 4.30. The highest BCUT2D eigenvalue weighted by Crippen LogP contribution is 2.17. The predicted octanol–water partition coefficient (Wildman–Crippen LogP) is 2.77. The second-order valence-corrected chi connectivity index (χ2v) is 3.96. The molecule has 1 saturated heterocycles. The standard InChI is InChI=1S/C12H10.C3H8N2O/c1-3-7-11(8-4-1)12-9-5-2-6-10-12;1-2-4-5-6-3-1/h1-10H;4-5H,1-3H2. The van der Waals surface area contributed by atoms with E-state index in [1.54, 1.807) is 0 Å². The molecule has 0 amide bonds. The van der Waals surface area contributed by atoms with Crippen molar-refractivity contribution < 1.29 is 4.84 Å². The van der Waals surface area contributed by atoms with E-state index in [1.807, 2.05) is 12.1 Å². The van der Waals surface area contributed by atoms with Crippen molar-refractivity contribution in [2.24, 2.45) is 0 Å². The van der Waals surface area contributed by atoms with Crippen LogP contribution in [0, 0.1) is 0 Å². The summed E-state index contributed by atoms with van der Waals surface area (Å²) in [6.07, 6.45) is 1.10. The average Bonchev–Trinajstić information content (AvgIpc) is 2.51. The van der Waals surface area contributed by atoms with E-state index in [9.17, 15) is 0 Å². The van der Waals surface area contributed by atoms with Crippen molar-refractivity contribution in [3.63, 3.8) is 0 Å². The molecule has 0 aliphatic carbocycles. The highest BCUT2D eigenvalue weighted by Gasteiger charge is 1.92. The van der Waals surface area contributed by atoms with Gasteiger partial charge in [-0.3, -0.25) is 4.84 Å². The molecule has 0 unspecified atom stereocenters. The normalized spacial score (nSPS) is 14.4. The SMILES string of the molecule is C1CNNOC1.c1ccc(-c2ccccc2)cc1. The molecule has 3 heteroatoms. The van der Waals surface area contributed by atoms with Gasteiger partial charge in [-0.15, -0.1) is 5.59 Å². The van der Waals surface area contributed by atoms with Crippen LogP contribution in [0.1, 0.15) is 6.42 Å². The van der Waals surface area contributed by atoms with Crippen molar-refractivity contribution in [1.29, 1.82) is 0 Å². The largest absolute Gasteiger partial charge is 0.287 e. The van der Waals surface area contributed by atoms with Gasteiger partial charge in [0, 0.05) is 6.54 Å². The molecule has 1 aliphatic heterocycles. The fourth-order valence-electron chi connectivity index (χ4n) is 1.65. The Bertz CT molecular complexity index is 378. The van der Waals surface area contributed by atoms with Crippen LogP contribution in [0.4, 0.5) is 0 Å². The molecular formula is C15H18N2O. The van der Waals surface area contributed by atoms with Gasteiger partial charge in [0.25, 0.3) is 0 Å². The number of hydrazine groups is 1. The van der Waals surface area contributed by atoms with Crippen LogP contribution in [-0.4, -0.2) is 13.2 Å². The van der Waals surface area contributed by atoms with Gasteiger partial charge in [0.2, 0.25) is 0 Å². The molecule has 2 aromatic carbocycles.